The molecule has 1 heterocycles. The van der Waals surface area contributed by atoms with Gasteiger partial charge in [-0.1, -0.05) is 0 Å². The van der Waals surface area contributed by atoms with Crippen LogP contribution >= 0.6 is 0 Å². The highest BCUT2D eigenvalue weighted by Crippen LogP contribution is 2.35. The van der Waals surface area contributed by atoms with Crippen molar-refractivity contribution in [1.29, 1.82) is 0 Å². The number of furan rings is 1. The van der Waals surface area contributed by atoms with Crippen molar-refractivity contribution >= 4 is 0 Å². The molecule has 0 bridgehead atoms. The van der Waals surface area contributed by atoms with Gasteiger partial charge < -0.3 is 14.9 Å². The van der Waals surface area contributed by atoms with Crippen molar-refractivity contribution in [2.75, 3.05) is 7.11 Å². The molecular formula is C11H17NO2. The Labute approximate surface area is 84.2 Å². The third-order valence-electron chi connectivity index (χ3n) is 2.80. The normalized spacial score (nSPS) is 20.7. The Hall–Kier alpha value is -0.800. The van der Waals surface area contributed by atoms with E-state index in [1.807, 2.05) is 12.1 Å². The van der Waals surface area contributed by atoms with E-state index in [2.05, 4.69) is 0 Å². The van der Waals surface area contributed by atoms with E-state index in [1.165, 1.54) is 12.8 Å². The average molecular weight is 195 g/mol. The SMILES string of the molecule is COC(C(N)Cc1ccco1)C1CC1. The second kappa shape index (κ2) is 4.15. The van der Waals surface area contributed by atoms with E-state index in [0.29, 0.717) is 5.92 Å². The highest BCUT2D eigenvalue weighted by molar-refractivity contribution is 5.02. The molecule has 0 amide bonds. The van der Waals surface area contributed by atoms with Crippen molar-refractivity contribution in [3.05, 3.63) is 24.2 Å². The lowest BCUT2D eigenvalue weighted by Gasteiger charge is -2.21. The summed E-state index contributed by atoms with van der Waals surface area (Å²) in [6.07, 6.45) is 5.15. The van der Waals surface area contributed by atoms with Gasteiger partial charge in [0.05, 0.1) is 12.4 Å². The number of ether oxygens (including phenoxy) is 1. The number of hydrogen-bond donors (Lipinski definition) is 1. The van der Waals surface area contributed by atoms with Gasteiger partial charge in [0.2, 0.25) is 0 Å². The number of rotatable bonds is 5. The van der Waals surface area contributed by atoms with Crippen LogP contribution in [0.5, 0.6) is 0 Å². The third kappa shape index (κ3) is 2.16. The molecule has 78 valence electrons. The maximum Gasteiger partial charge on any atom is 0.105 e. The first-order valence-corrected chi connectivity index (χ1v) is 5.12. The van der Waals surface area contributed by atoms with Crippen LogP contribution in [0.15, 0.2) is 22.8 Å². The Morgan fingerprint density at radius 3 is 2.93 bits per heavy atom. The van der Waals surface area contributed by atoms with Gasteiger partial charge in [0.15, 0.2) is 0 Å². The zero-order chi connectivity index (χ0) is 9.97. The van der Waals surface area contributed by atoms with Gasteiger partial charge in [-0.15, -0.1) is 0 Å². The third-order valence-corrected chi connectivity index (χ3v) is 2.80. The average Bonchev–Trinajstić information content (AvgIpc) is 2.86. The molecule has 1 saturated carbocycles. The number of hydrogen-bond acceptors (Lipinski definition) is 3. The summed E-state index contributed by atoms with van der Waals surface area (Å²) in [5, 5.41) is 0. The van der Waals surface area contributed by atoms with Crippen molar-refractivity contribution in [3.63, 3.8) is 0 Å². The molecule has 2 unspecified atom stereocenters. The van der Waals surface area contributed by atoms with Crippen LogP contribution in [-0.4, -0.2) is 19.3 Å². The molecule has 0 aliphatic heterocycles. The van der Waals surface area contributed by atoms with Crippen molar-refractivity contribution in [2.24, 2.45) is 11.7 Å². The van der Waals surface area contributed by atoms with Crippen LogP contribution in [0.1, 0.15) is 18.6 Å². The summed E-state index contributed by atoms with van der Waals surface area (Å²) < 4.78 is 10.7. The Kier molecular flexibility index (Phi) is 2.89. The molecule has 0 spiro atoms. The lowest BCUT2D eigenvalue weighted by atomic mass is 10.0. The quantitative estimate of drug-likeness (QED) is 0.776. The Bertz CT molecular complexity index is 267. The van der Waals surface area contributed by atoms with Crippen LogP contribution in [-0.2, 0) is 11.2 Å². The maximum absolute atomic E-state index is 6.08. The van der Waals surface area contributed by atoms with Gasteiger partial charge in [-0.25, -0.2) is 0 Å². The van der Waals surface area contributed by atoms with Crippen LogP contribution in [0, 0.1) is 5.92 Å². The van der Waals surface area contributed by atoms with Crippen molar-refractivity contribution in [2.45, 2.75) is 31.4 Å². The molecule has 1 aromatic heterocycles. The Morgan fingerprint density at radius 1 is 1.64 bits per heavy atom. The lowest BCUT2D eigenvalue weighted by molar-refractivity contribution is 0.0613. The summed E-state index contributed by atoms with van der Waals surface area (Å²) in [6.45, 7) is 0. The molecule has 2 rings (SSSR count). The fraction of sp³-hybridized carbons (Fsp3) is 0.636. The van der Waals surface area contributed by atoms with E-state index < -0.39 is 0 Å². The summed E-state index contributed by atoms with van der Waals surface area (Å²) in [6, 6.07) is 3.90. The molecule has 14 heavy (non-hydrogen) atoms. The molecule has 0 radical (unpaired) electrons. The molecule has 1 fully saturated rings. The maximum atomic E-state index is 6.08. The van der Waals surface area contributed by atoms with Crippen LogP contribution in [0.2, 0.25) is 0 Å². The van der Waals surface area contributed by atoms with Crippen LogP contribution < -0.4 is 5.73 Å². The van der Waals surface area contributed by atoms with Crippen LogP contribution in [0.25, 0.3) is 0 Å². The molecule has 3 nitrogen and oxygen atoms in total. The van der Waals surface area contributed by atoms with Gasteiger partial charge >= 0.3 is 0 Å². The van der Waals surface area contributed by atoms with Gasteiger partial charge in [0.1, 0.15) is 5.76 Å². The van der Waals surface area contributed by atoms with E-state index >= 15 is 0 Å². The predicted molar refractivity (Wildman–Crippen MR) is 53.9 cm³/mol. The molecular weight excluding hydrogens is 178 g/mol. The highest BCUT2D eigenvalue weighted by Gasteiger charge is 2.35. The number of methoxy groups -OCH3 is 1. The zero-order valence-corrected chi connectivity index (χ0v) is 8.48. The van der Waals surface area contributed by atoms with E-state index in [4.69, 9.17) is 14.9 Å². The molecule has 0 aromatic carbocycles. The first-order chi connectivity index (χ1) is 6.81. The molecule has 1 aromatic rings. The van der Waals surface area contributed by atoms with Gasteiger partial charge in [0, 0.05) is 19.6 Å². The minimum absolute atomic E-state index is 0.0543. The van der Waals surface area contributed by atoms with E-state index in [9.17, 15) is 0 Å². The highest BCUT2D eigenvalue weighted by atomic mass is 16.5. The van der Waals surface area contributed by atoms with Gasteiger partial charge in [-0.3, -0.25) is 0 Å². The van der Waals surface area contributed by atoms with Crippen LogP contribution in [0.3, 0.4) is 0 Å². The first kappa shape index (κ1) is 9.74. The fourth-order valence-electron chi connectivity index (χ4n) is 1.92. The first-order valence-electron chi connectivity index (χ1n) is 5.12. The minimum Gasteiger partial charge on any atom is -0.469 e. The van der Waals surface area contributed by atoms with E-state index in [1.54, 1.807) is 13.4 Å². The summed E-state index contributed by atoms with van der Waals surface area (Å²) >= 11 is 0. The largest absolute Gasteiger partial charge is 0.469 e. The van der Waals surface area contributed by atoms with Crippen molar-refractivity contribution in [1.82, 2.24) is 0 Å². The molecule has 2 atom stereocenters. The zero-order valence-electron chi connectivity index (χ0n) is 8.48. The molecule has 3 heteroatoms. The summed E-state index contributed by atoms with van der Waals surface area (Å²) in [4.78, 5) is 0. The Morgan fingerprint density at radius 2 is 2.43 bits per heavy atom. The van der Waals surface area contributed by atoms with Gasteiger partial charge in [-0.05, 0) is 30.9 Å². The smallest absolute Gasteiger partial charge is 0.105 e. The van der Waals surface area contributed by atoms with Crippen molar-refractivity contribution in [3.8, 4) is 0 Å². The predicted octanol–water partition coefficient (Wildman–Crippen LogP) is 1.57. The summed E-state index contributed by atoms with van der Waals surface area (Å²) in [5.41, 5.74) is 6.08. The monoisotopic (exact) mass is 195 g/mol. The van der Waals surface area contributed by atoms with Crippen molar-refractivity contribution < 1.29 is 9.15 Å². The minimum atomic E-state index is 0.0543. The van der Waals surface area contributed by atoms with E-state index in [0.717, 1.165) is 12.2 Å². The second-order valence-electron chi connectivity index (χ2n) is 3.99. The Balaban J connectivity index is 1.90. The molecule has 1 aliphatic rings. The molecule has 0 saturated heterocycles. The summed E-state index contributed by atoms with van der Waals surface area (Å²) in [5.74, 6) is 1.62. The van der Waals surface area contributed by atoms with Gasteiger partial charge in [0.25, 0.3) is 0 Å². The fourth-order valence-corrected chi connectivity index (χ4v) is 1.92. The molecule has 2 N–H and O–H groups in total. The topological polar surface area (TPSA) is 48.4 Å². The van der Waals surface area contributed by atoms with Gasteiger partial charge in [-0.2, -0.15) is 0 Å². The molecule has 1 aliphatic carbocycles. The second-order valence-corrected chi connectivity index (χ2v) is 3.99. The standard InChI is InChI=1S/C11H17NO2/c1-13-11(8-4-5-8)10(12)7-9-3-2-6-14-9/h2-3,6,8,10-11H,4-5,7,12H2,1H3. The summed E-state index contributed by atoms with van der Waals surface area (Å²) in [7, 11) is 1.74. The van der Waals surface area contributed by atoms with E-state index in [-0.39, 0.29) is 12.1 Å². The lowest BCUT2D eigenvalue weighted by Crippen LogP contribution is -2.39. The number of nitrogens with two attached hydrogens (primary N) is 1. The van der Waals surface area contributed by atoms with Crippen LogP contribution in [0.4, 0.5) is 0 Å².